The molecule has 0 radical (unpaired) electrons. The fourth-order valence-electron chi connectivity index (χ4n) is 2.33. The van der Waals surface area contributed by atoms with E-state index in [1.165, 1.54) is 6.42 Å². The molecule has 17 heavy (non-hydrogen) atoms. The molecule has 1 fully saturated rings. The largest absolute Gasteiger partial charge is 0.338 e. The Balaban J connectivity index is 2.18. The minimum Gasteiger partial charge on any atom is -0.338 e. The Morgan fingerprint density at radius 3 is 2.94 bits per heavy atom. The molecule has 1 saturated heterocycles. The van der Waals surface area contributed by atoms with Crippen molar-refractivity contribution in [1.82, 2.24) is 4.90 Å². The molecule has 0 spiro atoms. The maximum absolute atomic E-state index is 12.4. The van der Waals surface area contributed by atoms with Crippen molar-refractivity contribution in [3.8, 4) is 0 Å². The molecule has 1 amide bonds. The number of carbonyl (C=O) groups excluding carboxylic acids is 1. The van der Waals surface area contributed by atoms with Crippen LogP contribution in [0.4, 0.5) is 0 Å². The molecule has 2 rings (SSSR count). The number of nitrogens with zero attached hydrogens (tertiary/aromatic N) is 1. The van der Waals surface area contributed by atoms with E-state index in [0.29, 0.717) is 5.92 Å². The average Bonchev–Trinajstić information content (AvgIpc) is 2.80. The van der Waals surface area contributed by atoms with Crippen LogP contribution in [0, 0.1) is 12.8 Å². The third kappa shape index (κ3) is 2.54. The molecule has 1 aromatic carbocycles. The predicted molar refractivity (Wildman–Crippen MR) is 73.2 cm³/mol. The molecular formula is C14H18BrNO. The quantitative estimate of drug-likeness (QED) is 0.816. The maximum Gasteiger partial charge on any atom is 0.255 e. The second kappa shape index (κ2) is 5.21. The second-order valence-corrected chi connectivity index (χ2v) is 5.54. The van der Waals surface area contributed by atoms with Crippen LogP contribution in [-0.4, -0.2) is 23.9 Å². The number of rotatable bonds is 2. The molecule has 1 atom stereocenters. The molecule has 0 aromatic heterocycles. The fraction of sp³-hybridized carbons (Fsp3) is 0.500. The van der Waals surface area contributed by atoms with Gasteiger partial charge < -0.3 is 4.90 Å². The van der Waals surface area contributed by atoms with Crippen LogP contribution in [0.1, 0.15) is 35.7 Å². The first-order valence-electron chi connectivity index (χ1n) is 6.18. The highest BCUT2D eigenvalue weighted by atomic mass is 79.9. The van der Waals surface area contributed by atoms with Crippen molar-refractivity contribution in [1.29, 1.82) is 0 Å². The number of benzene rings is 1. The van der Waals surface area contributed by atoms with Gasteiger partial charge in [0.15, 0.2) is 0 Å². The minimum atomic E-state index is 0.163. The average molecular weight is 296 g/mol. The first-order valence-corrected chi connectivity index (χ1v) is 6.97. The summed E-state index contributed by atoms with van der Waals surface area (Å²) in [6, 6.07) is 5.86. The monoisotopic (exact) mass is 295 g/mol. The van der Waals surface area contributed by atoms with Crippen molar-refractivity contribution in [2.24, 2.45) is 5.92 Å². The van der Waals surface area contributed by atoms with Gasteiger partial charge in [-0.1, -0.05) is 25.5 Å². The highest BCUT2D eigenvalue weighted by Crippen LogP contribution is 2.26. The topological polar surface area (TPSA) is 20.3 Å². The highest BCUT2D eigenvalue weighted by Gasteiger charge is 2.26. The number of carbonyl (C=O) groups is 1. The molecule has 1 unspecified atom stereocenters. The predicted octanol–water partition coefficient (Wildman–Crippen LogP) is 3.63. The van der Waals surface area contributed by atoms with Crippen molar-refractivity contribution in [3.63, 3.8) is 0 Å². The first-order chi connectivity index (χ1) is 8.13. The number of hydrogen-bond donors (Lipinski definition) is 0. The van der Waals surface area contributed by atoms with Crippen LogP contribution in [0.25, 0.3) is 0 Å². The molecule has 2 nitrogen and oxygen atoms in total. The normalized spacial score (nSPS) is 19.7. The molecule has 1 aromatic rings. The number of likely N-dealkylation sites (tertiary alicyclic amines) is 1. The van der Waals surface area contributed by atoms with Gasteiger partial charge in [-0.25, -0.2) is 0 Å². The van der Waals surface area contributed by atoms with Crippen LogP contribution < -0.4 is 0 Å². The molecule has 0 N–H and O–H groups in total. The Labute approximate surface area is 111 Å². The summed E-state index contributed by atoms with van der Waals surface area (Å²) in [7, 11) is 0. The molecule has 0 saturated carbocycles. The van der Waals surface area contributed by atoms with Crippen molar-refractivity contribution in [2.75, 3.05) is 13.1 Å². The summed E-state index contributed by atoms with van der Waals surface area (Å²) in [5, 5.41) is 0. The second-order valence-electron chi connectivity index (χ2n) is 4.75. The van der Waals surface area contributed by atoms with E-state index in [4.69, 9.17) is 0 Å². The fourth-order valence-corrected chi connectivity index (χ4v) is 2.77. The molecule has 1 aliphatic heterocycles. The number of amides is 1. The molecule has 92 valence electrons. The van der Waals surface area contributed by atoms with Crippen LogP contribution in [0.3, 0.4) is 0 Å². The minimum absolute atomic E-state index is 0.163. The smallest absolute Gasteiger partial charge is 0.255 e. The van der Waals surface area contributed by atoms with Gasteiger partial charge in [0.05, 0.1) is 5.56 Å². The molecule has 0 bridgehead atoms. The molecular weight excluding hydrogens is 278 g/mol. The van der Waals surface area contributed by atoms with Gasteiger partial charge in [0.2, 0.25) is 0 Å². The van der Waals surface area contributed by atoms with Gasteiger partial charge in [-0.2, -0.15) is 0 Å². The van der Waals surface area contributed by atoms with Crippen molar-refractivity contribution < 1.29 is 4.79 Å². The van der Waals surface area contributed by atoms with Crippen LogP contribution in [-0.2, 0) is 0 Å². The summed E-state index contributed by atoms with van der Waals surface area (Å²) in [5.41, 5.74) is 1.91. The summed E-state index contributed by atoms with van der Waals surface area (Å²) in [4.78, 5) is 14.4. The lowest BCUT2D eigenvalue weighted by Gasteiger charge is -2.17. The van der Waals surface area contributed by atoms with E-state index in [9.17, 15) is 4.79 Å². The SMILES string of the molecule is CCC1CCN(C(=O)c2cccc(C)c2Br)C1. The van der Waals surface area contributed by atoms with Crippen LogP contribution in [0.15, 0.2) is 22.7 Å². The van der Waals surface area contributed by atoms with Crippen LogP contribution >= 0.6 is 15.9 Å². The standard InChI is InChI=1S/C14H18BrNO/c1-3-11-7-8-16(9-11)14(17)12-6-4-5-10(2)13(12)15/h4-6,11H,3,7-9H2,1-2H3. The summed E-state index contributed by atoms with van der Waals surface area (Å²) < 4.78 is 0.935. The zero-order valence-corrected chi connectivity index (χ0v) is 12.0. The number of hydrogen-bond acceptors (Lipinski definition) is 1. The van der Waals surface area contributed by atoms with Gasteiger partial charge in [0.1, 0.15) is 0 Å². The number of halogens is 1. The van der Waals surface area contributed by atoms with Gasteiger partial charge in [0.25, 0.3) is 5.91 Å². The Hall–Kier alpha value is -0.830. The summed E-state index contributed by atoms with van der Waals surface area (Å²) in [5.74, 6) is 0.846. The maximum atomic E-state index is 12.4. The zero-order chi connectivity index (χ0) is 12.4. The molecule has 1 heterocycles. The Bertz CT molecular complexity index is 430. The van der Waals surface area contributed by atoms with Crippen molar-refractivity contribution in [2.45, 2.75) is 26.7 Å². The number of aryl methyl sites for hydroxylation is 1. The first kappa shape index (κ1) is 12.6. The third-order valence-corrected chi connectivity index (χ3v) is 4.63. The summed E-state index contributed by atoms with van der Waals surface area (Å²) in [6.07, 6.45) is 2.31. The summed E-state index contributed by atoms with van der Waals surface area (Å²) in [6.45, 7) is 6.02. The molecule has 3 heteroatoms. The highest BCUT2D eigenvalue weighted by molar-refractivity contribution is 9.10. The Morgan fingerprint density at radius 1 is 1.53 bits per heavy atom. The van der Waals surface area contributed by atoms with Crippen molar-refractivity contribution in [3.05, 3.63) is 33.8 Å². The van der Waals surface area contributed by atoms with Crippen LogP contribution in [0.2, 0.25) is 0 Å². The van der Waals surface area contributed by atoms with E-state index >= 15 is 0 Å². The van der Waals surface area contributed by atoms with Crippen LogP contribution in [0.5, 0.6) is 0 Å². The Kier molecular flexibility index (Phi) is 3.87. The van der Waals surface area contributed by atoms with E-state index in [-0.39, 0.29) is 5.91 Å². The molecule has 1 aliphatic rings. The van der Waals surface area contributed by atoms with E-state index < -0.39 is 0 Å². The lowest BCUT2D eigenvalue weighted by Crippen LogP contribution is -2.29. The summed E-state index contributed by atoms with van der Waals surface area (Å²) >= 11 is 3.51. The van der Waals surface area contributed by atoms with Crippen molar-refractivity contribution >= 4 is 21.8 Å². The van der Waals surface area contributed by atoms with E-state index in [1.54, 1.807) is 0 Å². The lowest BCUT2D eigenvalue weighted by molar-refractivity contribution is 0.0786. The van der Waals surface area contributed by atoms with Gasteiger partial charge in [-0.3, -0.25) is 4.79 Å². The van der Waals surface area contributed by atoms with Gasteiger partial charge in [-0.15, -0.1) is 0 Å². The van der Waals surface area contributed by atoms with E-state index in [1.807, 2.05) is 30.0 Å². The van der Waals surface area contributed by atoms with Gasteiger partial charge in [0, 0.05) is 17.6 Å². The van der Waals surface area contributed by atoms with E-state index in [0.717, 1.165) is 35.1 Å². The van der Waals surface area contributed by atoms with E-state index in [2.05, 4.69) is 22.9 Å². The zero-order valence-electron chi connectivity index (χ0n) is 10.4. The Morgan fingerprint density at radius 2 is 2.29 bits per heavy atom. The van der Waals surface area contributed by atoms with Gasteiger partial charge >= 0.3 is 0 Å². The molecule has 0 aliphatic carbocycles. The van der Waals surface area contributed by atoms with Gasteiger partial charge in [-0.05, 0) is 46.8 Å². The lowest BCUT2D eigenvalue weighted by atomic mass is 10.1. The third-order valence-electron chi connectivity index (χ3n) is 3.57.